The van der Waals surface area contributed by atoms with Crippen molar-refractivity contribution in [3.05, 3.63) is 29.3 Å². The average Bonchev–Trinajstić information content (AvgIpc) is 3.41. The van der Waals surface area contributed by atoms with Crippen LogP contribution in [0.4, 0.5) is 0 Å². The zero-order chi connectivity index (χ0) is 16.7. The Morgan fingerprint density at radius 3 is 2.71 bits per heavy atom. The Hall–Kier alpha value is -1.55. The van der Waals surface area contributed by atoms with Crippen molar-refractivity contribution in [2.75, 3.05) is 26.2 Å². The number of rotatable bonds is 3. The van der Waals surface area contributed by atoms with Crippen LogP contribution in [0, 0.1) is 0 Å². The van der Waals surface area contributed by atoms with Gasteiger partial charge >= 0.3 is 0 Å². The maximum absolute atomic E-state index is 12.5. The minimum Gasteiger partial charge on any atom is -0.487 e. The molecule has 3 heterocycles. The lowest BCUT2D eigenvalue weighted by Gasteiger charge is -2.44. The van der Waals surface area contributed by atoms with Crippen LogP contribution in [0.1, 0.15) is 55.5 Å². The number of hydrogen-bond donors (Lipinski definition) is 0. The molecule has 0 bridgehead atoms. The fourth-order valence-corrected chi connectivity index (χ4v) is 4.23. The molecule has 4 rings (SSSR count). The first kappa shape index (κ1) is 15.9. The summed E-state index contributed by atoms with van der Waals surface area (Å²) in [5, 5.41) is 0. The fourth-order valence-electron chi connectivity index (χ4n) is 4.23. The van der Waals surface area contributed by atoms with Gasteiger partial charge in [0.2, 0.25) is 0 Å². The number of amides is 1. The van der Waals surface area contributed by atoms with Crippen LogP contribution in [0.3, 0.4) is 0 Å². The molecule has 3 aliphatic rings. The Labute approximate surface area is 144 Å². The highest BCUT2D eigenvalue weighted by atomic mass is 16.5. The summed E-state index contributed by atoms with van der Waals surface area (Å²) >= 11 is 0. The van der Waals surface area contributed by atoms with Gasteiger partial charge in [-0.1, -0.05) is 13.8 Å². The van der Waals surface area contributed by atoms with Gasteiger partial charge in [0.05, 0.1) is 0 Å². The third-order valence-corrected chi connectivity index (χ3v) is 6.15. The second-order valence-electron chi connectivity index (χ2n) is 7.56. The quantitative estimate of drug-likeness (QED) is 0.799. The van der Waals surface area contributed by atoms with Crippen molar-refractivity contribution in [3.8, 4) is 5.75 Å². The molecule has 0 aliphatic carbocycles. The van der Waals surface area contributed by atoms with Crippen molar-refractivity contribution in [2.45, 2.75) is 57.6 Å². The molecule has 2 fully saturated rings. The van der Waals surface area contributed by atoms with Gasteiger partial charge in [0.15, 0.2) is 0 Å². The third-order valence-electron chi connectivity index (χ3n) is 6.15. The number of fused-ring (bicyclic) bond motifs is 1. The molecule has 0 aromatic heterocycles. The van der Waals surface area contributed by atoms with E-state index in [1.807, 2.05) is 17.0 Å². The Morgan fingerprint density at radius 1 is 1.25 bits per heavy atom. The minimum atomic E-state index is 0.0253. The number of piperidine rings is 1. The zero-order valence-electron chi connectivity index (χ0n) is 14.9. The number of carbonyl (C=O) groups is 1. The molecule has 1 atom stereocenters. The molecule has 24 heavy (non-hydrogen) atoms. The Kier molecular flexibility index (Phi) is 4.03. The summed E-state index contributed by atoms with van der Waals surface area (Å²) in [6, 6.07) is 6.50. The zero-order valence-corrected chi connectivity index (χ0v) is 14.9. The number of carbonyl (C=O) groups excluding carboxylic acids is 1. The maximum Gasteiger partial charge on any atom is 0.254 e. The van der Waals surface area contributed by atoms with Crippen molar-refractivity contribution in [2.24, 2.45) is 0 Å². The first-order chi connectivity index (χ1) is 11.6. The van der Waals surface area contributed by atoms with Crippen LogP contribution in [-0.4, -0.2) is 53.5 Å². The number of nitrogens with zero attached hydrogens (tertiary/aromatic N) is 2. The lowest BCUT2D eigenvalue weighted by Crippen LogP contribution is -2.49. The highest BCUT2D eigenvalue weighted by Gasteiger charge is 2.40. The second kappa shape index (κ2) is 6.07. The molecule has 2 saturated heterocycles. The van der Waals surface area contributed by atoms with Crippen LogP contribution >= 0.6 is 0 Å². The van der Waals surface area contributed by atoms with Crippen molar-refractivity contribution >= 4 is 5.91 Å². The van der Waals surface area contributed by atoms with Crippen LogP contribution < -0.4 is 4.74 Å². The second-order valence-corrected chi connectivity index (χ2v) is 7.56. The van der Waals surface area contributed by atoms with Crippen LogP contribution in [0.25, 0.3) is 0 Å². The van der Waals surface area contributed by atoms with Crippen LogP contribution in [0.15, 0.2) is 18.2 Å². The highest BCUT2D eigenvalue weighted by molar-refractivity contribution is 5.96. The van der Waals surface area contributed by atoms with E-state index in [4.69, 9.17) is 4.74 Å². The fraction of sp³-hybridized carbons (Fsp3) is 0.650. The van der Waals surface area contributed by atoms with E-state index in [2.05, 4.69) is 24.8 Å². The van der Waals surface area contributed by atoms with Gasteiger partial charge < -0.3 is 14.5 Å². The molecule has 3 aliphatic heterocycles. The normalized spacial score (nSPS) is 25.2. The summed E-state index contributed by atoms with van der Waals surface area (Å²) in [5.41, 5.74) is 2.06. The lowest BCUT2D eigenvalue weighted by molar-refractivity contribution is -0.0132. The molecule has 0 radical (unpaired) electrons. The minimum absolute atomic E-state index is 0.0253. The third kappa shape index (κ3) is 2.81. The molecular weight excluding hydrogens is 300 g/mol. The summed E-state index contributed by atoms with van der Waals surface area (Å²) < 4.78 is 6.45. The van der Waals surface area contributed by atoms with Crippen LogP contribution in [-0.2, 0) is 6.42 Å². The first-order valence-electron chi connectivity index (χ1n) is 9.49. The summed E-state index contributed by atoms with van der Waals surface area (Å²) in [4.78, 5) is 17.0. The van der Waals surface area contributed by atoms with Gasteiger partial charge in [-0.05, 0) is 62.4 Å². The van der Waals surface area contributed by atoms with Gasteiger partial charge in [0, 0.05) is 31.2 Å². The van der Waals surface area contributed by atoms with E-state index in [9.17, 15) is 4.79 Å². The first-order valence-corrected chi connectivity index (χ1v) is 9.49. The van der Waals surface area contributed by atoms with Gasteiger partial charge in [0.1, 0.15) is 11.4 Å². The molecular formula is C20H28N2O2. The summed E-state index contributed by atoms with van der Waals surface area (Å²) in [7, 11) is 0. The van der Waals surface area contributed by atoms with Crippen molar-refractivity contribution in [1.82, 2.24) is 9.80 Å². The van der Waals surface area contributed by atoms with E-state index >= 15 is 0 Å². The Bertz CT molecular complexity index is 635. The van der Waals surface area contributed by atoms with Crippen molar-refractivity contribution in [3.63, 3.8) is 0 Å². The molecule has 1 unspecified atom stereocenters. The van der Waals surface area contributed by atoms with Crippen molar-refractivity contribution < 1.29 is 9.53 Å². The van der Waals surface area contributed by atoms with E-state index in [1.165, 1.54) is 5.56 Å². The smallest absolute Gasteiger partial charge is 0.254 e. The van der Waals surface area contributed by atoms with Gasteiger partial charge in [-0.15, -0.1) is 0 Å². The van der Waals surface area contributed by atoms with Gasteiger partial charge in [0.25, 0.3) is 5.91 Å². The van der Waals surface area contributed by atoms with E-state index in [0.29, 0.717) is 6.04 Å². The lowest BCUT2D eigenvalue weighted by atomic mass is 9.83. The van der Waals surface area contributed by atoms with Gasteiger partial charge in [-0.2, -0.15) is 0 Å². The molecule has 0 N–H and O–H groups in total. The monoisotopic (exact) mass is 328 g/mol. The molecule has 1 aromatic rings. The number of hydrogen-bond acceptors (Lipinski definition) is 3. The molecule has 4 heteroatoms. The number of ether oxygens (including phenoxy) is 1. The largest absolute Gasteiger partial charge is 0.487 e. The molecule has 0 saturated carbocycles. The molecule has 1 amide bonds. The summed E-state index contributed by atoms with van der Waals surface area (Å²) in [5.74, 6) is 1.18. The van der Waals surface area contributed by atoms with Crippen LogP contribution in [0.2, 0.25) is 0 Å². The molecule has 4 nitrogen and oxygen atoms in total. The van der Waals surface area contributed by atoms with E-state index < -0.39 is 0 Å². The SMILES string of the molecule is CCC1CN1C(=O)c1ccc2c(c1)CCC1(CCN(CC)CC1)O2. The van der Waals surface area contributed by atoms with E-state index in [0.717, 1.165) is 69.6 Å². The summed E-state index contributed by atoms with van der Waals surface area (Å²) in [6.07, 6.45) is 5.40. The standard InChI is InChI=1S/C20H28N2O2/c1-3-17-14-22(17)19(23)16-5-6-18-15(13-16)7-8-20(24-18)9-11-21(4-2)12-10-20/h5-6,13,17H,3-4,7-12,14H2,1-2H3. The number of likely N-dealkylation sites (tertiary alicyclic amines) is 1. The van der Waals surface area contributed by atoms with E-state index in [-0.39, 0.29) is 11.5 Å². The molecule has 1 aromatic carbocycles. The highest BCUT2D eigenvalue weighted by Crippen LogP contribution is 2.40. The number of benzene rings is 1. The maximum atomic E-state index is 12.5. The molecule has 130 valence electrons. The predicted molar refractivity (Wildman–Crippen MR) is 94.6 cm³/mol. The Morgan fingerprint density at radius 2 is 2.04 bits per heavy atom. The van der Waals surface area contributed by atoms with Gasteiger partial charge in [-0.25, -0.2) is 0 Å². The summed E-state index contributed by atoms with van der Waals surface area (Å²) in [6.45, 7) is 8.69. The predicted octanol–water partition coefficient (Wildman–Crippen LogP) is 3.10. The van der Waals surface area contributed by atoms with Crippen LogP contribution in [0.5, 0.6) is 5.75 Å². The molecule has 1 spiro atoms. The topological polar surface area (TPSA) is 32.5 Å². The average molecular weight is 328 g/mol. The number of aryl methyl sites for hydroxylation is 1. The van der Waals surface area contributed by atoms with E-state index in [1.54, 1.807) is 0 Å². The Balaban J connectivity index is 1.47. The van der Waals surface area contributed by atoms with Crippen molar-refractivity contribution in [1.29, 1.82) is 0 Å². The van der Waals surface area contributed by atoms with Gasteiger partial charge in [-0.3, -0.25) is 4.79 Å².